The fourth-order valence-electron chi connectivity index (χ4n) is 4.19. The SMILES string of the molecule is CN(C)CCNC(=O)c1cc(-c2cc(-c3ccc(F)cc3)nc3ccc(F)cc23)nc2ccc(F)cc12. The van der Waals surface area contributed by atoms with Crippen molar-refractivity contribution in [1.29, 1.82) is 0 Å². The first kappa shape index (κ1) is 24.4. The highest BCUT2D eigenvalue weighted by Gasteiger charge is 2.18. The number of rotatable bonds is 6. The standard InChI is InChI=1S/C29H23F3N4O/c1-36(2)12-11-33-29(37)24-16-28(35-26-10-8-20(32)14-22(24)26)23-15-27(17-3-5-18(30)6-4-17)34-25-9-7-19(31)13-21(23)25/h3-10,13-16H,11-12H2,1-2H3,(H,33,37). The summed E-state index contributed by atoms with van der Waals surface area (Å²) in [5, 5.41) is 3.74. The molecule has 0 aliphatic heterocycles. The molecule has 186 valence electrons. The van der Waals surface area contributed by atoms with Gasteiger partial charge in [-0.25, -0.2) is 23.1 Å². The van der Waals surface area contributed by atoms with E-state index in [1.165, 1.54) is 42.5 Å². The Morgan fingerprint density at radius 3 is 2.03 bits per heavy atom. The van der Waals surface area contributed by atoms with Crippen molar-refractivity contribution in [2.45, 2.75) is 0 Å². The van der Waals surface area contributed by atoms with Gasteiger partial charge in [0.25, 0.3) is 5.91 Å². The number of carbonyl (C=O) groups is 1. The monoisotopic (exact) mass is 500 g/mol. The van der Waals surface area contributed by atoms with Crippen molar-refractivity contribution in [2.24, 2.45) is 0 Å². The van der Waals surface area contributed by atoms with Crippen LogP contribution in [0.5, 0.6) is 0 Å². The van der Waals surface area contributed by atoms with E-state index in [0.29, 0.717) is 57.4 Å². The number of likely N-dealkylation sites (N-methyl/N-ethyl adjacent to an activating group) is 1. The number of benzene rings is 3. The molecule has 0 saturated carbocycles. The lowest BCUT2D eigenvalue weighted by Crippen LogP contribution is -2.31. The van der Waals surface area contributed by atoms with Crippen LogP contribution in [0, 0.1) is 17.5 Å². The normalized spacial score (nSPS) is 11.4. The minimum Gasteiger partial charge on any atom is -0.351 e. The molecule has 37 heavy (non-hydrogen) atoms. The van der Waals surface area contributed by atoms with Gasteiger partial charge in [0, 0.05) is 35.0 Å². The van der Waals surface area contributed by atoms with Crippen LogP contribution in [-0.2, 0) is 0 Å². The highest BCUT2D eigenvalue weighted by Crippen LogP contribution is 2.34. The molecule has 0 bridgehead atoms. The Bertz CT molecular complexity index is 1640. The molecule has 0 radical (unpaired) electrons. The van der Waals surface area contributed by atoms with Crippen molar-refractivity contribution in [3.05, 3.63) is 95.8 Å². The highest BCUT2D eigenvalue weighted by atomic mass is 19.1. The van der Waals surface area contributed by atoms with Crippen LogP contribution in [0.2, 0.25) is 0 Å². The molecule has 5 rings (SSSR count). The molecule has 0 fully saturated rings. The summed E-state index contributed by atoms with van der Waals surface area (Å²) in [6.45, 7) is 1.03. The number of carbonyl (C=O) groups excluding carboxylic acids is 1. The third-order valence-electron chi connectivity index (χ3n) is 6.05. The van der Waals surface area contributed by atoms with Gasteiger partial charge < -0.3 is 10.2 Å². The highest BCUT2D eigenvalue weighted by molar-refractivity contribution is 6.08. The number of hydrogen-bond donors (Lipinski definition) is 1. The predicted octanol–water partition coefficient (Wildman–Crippen LogP) is 5.83. The predicted molar refractivity (Wildman–Crippen MR) is 139 cm³/mol. The van der Waals surface area contributed by atoms with Gasteiger partial charge in [0.2, 0.25) is 0 Å². The van der Waals surface area contributed by atoms with Gasteiger partial charge in [-0.15, -0.1) is 0 Å². The Morgan fingerprint density at radius 1 is 0.757 bits per heavy atom. The summed E-state index contributed by atoms with van der Waals surface area (Å²) in [6, 6.07) is 17.5. The molecule has 0 saturated heterocycles. The first-order valence-corrected chi connectivity index (χ1v) is 11.7. The molecule has 1 N–H and O–H groups in total. The van der Waals surface area contributed by atoms with Crippen LogP contribution in [0.15, 0.2) is 72.8 Å². The van der Waals surface area contributed by atoms with Gasteiger partial charge in [-0.3, -0.25) is 4.79 Å². The van der Waals surface area contributed by atoms with Crippen LogP contribution in [0.4, 0.5) is 13.2 Å². The van der Waals surface area contributed by atoms with E-state index in [-0.39, 0.29) is 17.3 Å². The maximum atomic E-state index is 14.3. The lowest BCUT2D eigenvalue weighted by molar-refractivity contribution is 0.0952. The molecule has 1 amide bonds. The van der Waals surface area contributed by atoms with E-state index < -0.39 is 11.6 Å². The third kappa shape index (κ3) is 5.15. The van der Waals surface area contributed by atoms with Crippen molar-refractivity contribution in [3.8, 4) is 22.5 Å². The zero-order valence-electron chi connectivity index (χ0n) is 20.2. The van der Waals surface area contributed by atoms with Gasteiger partial charge in [-0.1, -0.05) is 0 Å². The smallest absolute Gasteiger partial charge is 0.252 e. The first-order valence-electron chi connectivity index (χ1n) is 11.7. The molecule has 8 heteroatoms. The van der Waals surface area contributed by atoms with Crippen molar-refractivity contribution < 1.29 is 18.0 Å². The molecule has 0 atom stereocenters. The number of pyridine rings is 2. The lowest BCUT2D eigenvalue weighted by atomic mass is 9.98. The number of hydrogen-bond acceptors (Lipinski definition) is 4. The number of nitrogens with one attached hydrogen (secondary N) is 1. The Kier molecular flexibility index (Phi) is 6.58. The number of nitrogens with zero attached hydrogens (tertiary/aromatic N) is 3. The second kappa shape index (κ2) is 9.99. The van der Waals surface area contributed by atoms with Gasteiger partial charge in [0.05, 0.1) is 28.0 Å². The Morgan fingerprint density at radius 2 is 1.35 bits per heavy atom. The number of aromatic nitrogens is 2. The molecule has 0 aliphatic carbocycles. The zero-order chi connectivity index (χ0) is 26.1. The largest absolute Gasteiger partial charge is 0.351 e. The van der Waals surface area contributed by atoms with Gasteiger partial charge in [0.1, 0.15) is 17.5 Å². The minimum absolute atomic E-state index is 0.253. The lowest BCUT2D eigenvalue weighted by Gasteiger charge is -2.14. The molecule has 2 heterocycles. The molecule has 5 aromatic rings. The molecular weight excluding hydrogens is 477 g/mol. The van der Waals surface area contributed by atoms with Crippen LogP contribution in [0.3, 0.4) is 0 Å². The van der Waals surface area contributed by atoms with Gasteiger partial charge in [-0.2, -0.15) is 0 Å². The van der Waals surface area contributed by atoms with E-state index in [1.807, 2.05) is 19.0 Å². The van der Waals surface area contributed by atoms with Crippen LogP contribution >= 0.6 is 0 Å². The molecule has 0 spiro atoms. The van der Waals surface area contributed by atoms with Gasteiger partial charge in [-0.05, 0) is 86.9 Å². The minimum atomic E-state index is -0.487. The molecular formula is C29H23F3N4O. The van der Waals surface area contributed by atoms with Gasteiger partial charge in [0.15, 0.2) is 0 Å². The summed E-state index contributed by atoms with van der Waals surface area (Å²) in [4.78, 5) is 24.5. The van der Waals surface area contributed by atoms with E-state index in [4.69, 9.17) is 4.98 Å². The van der Waals surface area contributed by atoms with Crippen LogP contribution in [0.1, 0.15) is 10.4 Å². The summed E-state index contributed by atoms with van der Waals surface area (Å²) >= 11 is 0. The van der Waals surface area contributed by atoms with Crippen LogP contribution < -0.4 is 5.32 Å². The second-order valence-electron chi connectivity index (χ2n) is 9.00. The van der Waals surface area contributed by atoms with Crippen molar-refractivity contribution >= 4 is 27.7 Å². The number of fused-ring (bicyclic) bond motifs is 2. The van der Waals surface area contributed by atoms with Crippen LogP contribution in [-0.4, -0.2) is 48.0 Å². The van der Waals surface area contributed by atoms with Crippen molar-refractivity contribution in [3.63, 3.8) is 0 Å². The summed E-state index contributed by atoms with van der Waals surface area (Å²) in [5.74, 6) is -1.68. The topological polar surface area (TPSA) is 58.1 Å². The van der Waals surface area contributed by atoms with E-state index in [9.17, 15) is 18.0 Å². The fourth-order valence-corrected chi connectivity index (χ4v) is 4.19. The summed E-state index contributed by atoms with van der Waals surface area (Å²) in [6.07, 6.45) is 0. The molecule has 0 aliphatic rings. The Labute approximate surface area is 211 Å². The number of halogens is 3. The van der Waals surface area contributed by atoms with E-state index in [1.54, 1.807) is 30.3 Å². The maximum absolute atomic E-state index is 14.3. The Hall–Kier alpha value is -4.30. The fraction of sp³-hybridized carbons (Fsp3) is 0.138. The van der Waals surface area contributed by atoms with Gasteiger partial charge >= 0.3 is 0 Å². The second-order valence-corrected chi connectivity index (χ2v) is 9.00. The Balaban J connectivity index is 1.72. The first-order chi connectivity index (χ1) is 17.8. The average Bonchev–Trinajstić information content (AvgIpc) is 2.87. The quantitative estimate of drug-likeness (QED) is 0.319. The molecule has 5 nitrogen and oxygen atoms in total. The van der Waals surface area contributed by atoms with Crippen molar-refractivity contribution in [1.82, 2.24) is 20.2 Å². The number of amides is 1. The van der Waals surface area contributed by atoms with Crippen LogP contribution in [0.25, 0.3) is 44.3 Å². The zero-order valence-corrected chi connectivity index (χ0v) is 20.2. The summed E-state index contributed by atoms with van der Waals surface area (Å²) < 4.78 is 42.0. The van der Waals surface area contributed by atoms with Crippen molar-refractivity contribution in [2.75, 3.05) is 27.2 Å². The summed E-state index contributed by atoms with van der Waals surface area (Å²) in [7, 11) is 3.79. The van der Waals surface area contributed by atoms with E-state index in [0.717, 1.165) is 0 Å². The van der Waals surface area contributed by atoms with E-state index >= 15 is 0 Å². The van der Waals surface area contributed by atoms with E-state index in [2.05, 4.69) is 10.3 Å². The maximum Gasteiger partial charge on any atom is 0.252 e. The third-order valence-corrected chi connectivity index (χ3v) is 6.05. The molecule has 3 aromatic carbocycles. The average molecular weight is 501 g/mol. The molecule has 0 unspecified atom stereocenters. The molecule has 2 aromatic heterocycles. The summed E-state index contributed by atoms with van der Waals surface area (Å²) in [5.41, 5.74) is 3.32.